The molecule has 1 rings (SSSR count). The van der Waals surface area contributed by atoms with Gasteiger partial charge in [0.2, 0.25) is 0 Å². The fourth-order valence-corrected chi connectivity index (χ4v) is 4.59. The summed E-state index contributed by atoms with van der Waals surface area (Å²) in [4.78, 5) is 0. The van der Waals surface area contributed by atoms with Crippen molar-refractivity contribution >= 4 is 0 Å². The molecule has 1 aliphatic carbocycles. The molecule has 0 spiro atoms. The summed E-state index contributed by atoms with van der Waals surface area (Å²) in [5.74, 6) is 1.73. The second-order valence-corrected chi connectivity index (χ2v) is 10.1. The van der Waals surface area contributed by atoms with Crippen molar-refractivity contribution in [3.05, 3.63) is 48.1 Å². The third kappa shape index (κ3) is 15.6. The molecule has 0 aromatic carbocycles. The Labute approximate surface area is 199 Å². The van der Waals surface area contributed by atoms with Crippen LogP contribution in [-0.4, -0.2) is 18.0 Å². The zero-order chi connectivity index (χ0) is 23.4. The number of hydrogen-bond acceptors (Lipinski definition) is 2. The number of unbranched alkanes of at least 4 members (excludes halogenated alkanes) is 5. The summed E-state index contributed by atoms with van der Waals surface area (Å²) in [6, 6.07) is 0. The first-order chi connectivity index (χ1) is 15.5. The highest BCUT2D eigenvalue weighted by Crippen LogP contribution is 2.26. The van der Waals surface area contributed by atoms with Crippen LogP contribution >= 0.6 is 0 Å². The molecule has 0 bridgehead atoms. The van der Waals surface area contributed by atoms with Crippen LogP contribution in [0, 0.1) is 11.8 Å². The average Bonchev–Trinajstić information content (AvgIpc) is 2.77. The lowest BCUT2D eigenvalue weighted by Gasteiger charge is -2.18. The lowest BCUT2D eigenvalue weighted by Crippen LogP contribution is -2.13. The van der Waals surface area contributed by atoms with Crippen LogP contribution in [0.2, 0.25) is 0 Å². The summed E-state index contributed by atoms with van der Waals surface area (Å²) >= 11 is 0. The minimum Gasteiger partial charge on any atom is -0.371 e. The zero-order valence-corrected chi connectivity index (χ0v) is 21.5. The van der Waals surface area contributed by atoms with E-state index in [0.717, 1.165) is 24.7 Å². The van der Waals surface area contributed by atoms with Gasteiger partial charge in [0.25, 0.3) is 0 Å². The molecule has 184 valence electrons. The van der Waals surface area contributed by atoms with E-state index in [1.165, 1.54) is 94.6 Å². The van der Waals surface area contributed by atoms with E-state index < -0.39 is 0 Å². The molecule has 3 atom stereocenters. The second kappa shape index (κ2) is 19.4. The summed E-state index contributed by atoms with van der Waals surface area (Å²) in [6.07, 6.45) is 30.5. The van der Waals surface area contributed by atoms with Gasteiger partial charge in [-0.05, 0) is 57.3 Å². The maximum Gasteiger partial charge on any atom is 0.144 e. The standard InChI is InChI=1S/C30H52O2/c1-5-6-16-27(4)22-23-28(18-13-12-15-26(2)3)17-10-8-7-9-11-19-29-20-14-21-30(24-29)32-25-31/h12-14,20-21,27-28,30-31H,2,5-11,15-19,22-25H2,1,3-4H3/b13-12-/t27-,28+,30?/m1/s1. The molecule has 0 radical (unpaired) electrons. The third-order valence-corrected chi connectivity index (χ3v) is 6.74. The first-order valence-corrected chi connectivity index (χ1v) is 13.4. The molecule has 2 heteroatoms. The molecule has 0 amide bonds. The quantitative estimate of drug-likeness (QED) is 0.115. The topological polar surface area (TPSA) is 29.5 Å². The Morgan fingerprint density at radius 3 is 2.62 bits per heavy atom. The van der Waals surface area contributed by atoms with Gasteiger partial charge in [-0.3, -0.25) is 0 Å². The van der Waals surface area contributed by atoms with Crippen molar-refractivity contribution in [1.29, 1.82) is 0 Å². The maximum atomic E-state index is 8.93. The monoisotopic (exact) mass is 444 g/mol. The molecule has 1 N–H and O–H groups in total. The molecule has 1 unspecified atom stereocenters. The summed E-state index contributed by atoms with van der Waals surface area (Å²) in [5, 5.41) is 8.93. The van der Waals surface area contributed by atoms with E-state index in [-0.39, 0.29) is 12.9 Å². The van der Waals surface area contributed by atoms with E-state index in [4.69, 9.17) is 9.84 Å². The molecule has 0 saturated carbocycles. The maximum absolute atomic E-state index is 8.93. The van der Waals surface area contributed by atoms with Crippen LogP contribution in [0.15, 0.2) is 48.1 Å². The van der Waals surface area contributed by atoms with Crippen molar-refractivity contribution in [2.75, 3.05) is 6.79 Å². The van der Waals surface area contributed by atoms with E-state index in [2.05, 4.69) is 51.7 Å². The van der Waals surface area contributed by atoms with Crippen molar-refractivity contribution in [2.45, 2.75) is 123 Å². The van der Waals surface area contributed by atoms with Gasteiger partial charge in [-0.15, -0.1) is 0 Å². The van der Waals surface area contributed by atoms with Crippen LogP contribution in [0.5, 0.6) is 0 Å². The highest BCUT2D eigenvalue weighted by molar-refractivity contribution is 5.20. The molecule has 32 heavy (non-hydrogen) atoms. The van der Waals surface area contributed by atoms with Crippen LogP contribution in [0.25, 0.3) is 0 Å². The van der Waals surface area contributed by atoms with Gasteiger partial charge in [0.15, 0.2) is 0 Å². The number of aliphatic hydroxyl groups excluding tert-OH is 1. The van der Waals surface area contributed by atoms with Crippen LogP contribution in [-0.2, 0) is 4.74 Å². The van der Waals surface area contributed by atoms with Crippen molar-refractivity contribution in [1.82, 2.24) is 0 Å². The Hall–Kier alpha value is -1.12. The minimum atomic E-state index is -0.190. The van der Waals surface area contributed by atoms with Crippen LogP contribution < -0.4 is 0 Å². The summed E-state index contributed by atoms with van der Waals surface area (Å²) in [7, 11) is 0. The van der Waals surface area contributed by atoms with Crippen LogP contribution in [0.1, 0.15) is 117 Å². The molecule has 0 aromatic rings. The van der Waals surface area contributed by atoms with E-state index in [9.17, 15) is 0 Å². The van der Waals surface area contributed by atoms with Gasteiger partial charge in [0.05, 0.1) is 6.10 Å². The lowest BCUT2D eigenvalue weighted by molar-refractivity contribution is -0.0309. The van der Waals surface area contributed by atoms with Gasteiger partial charge in [-0.1, -0.05) is 120 Å². The Balaban J connectivity index is 2.22. The Kier molecular flexibility index (Phi) is 17.5. The number of ether oxygens (including phenoxy) is 1. The van der Waals surface area contributed by atoms with Crippen molar-refractivity contribution in [3.63, 3.8) is 0 Å². The fourth-order valence-electron chi connectivity index (χ4n) is 4.59. The number of hydrogen-bond donors (Lipinski definition) is 1. The predicted octanol–water partition coefficient (Wildman–Crippen LogP) is 9.07. The Morgan fingerprint density at radius 1 is 1.09 bits per heavy atom. The third-order valence-electron chi connectivity index (χ3n) is 6.74. The van der Waals surface area contributed by atoms with E-state index in [1.807, 2.05) is 6.08 Å². The fraction of sp³-hybridized carbons (Fsp3) is 0.733. The molecule has 2 nitrogen and oxygen atoms in total. The molecule has 0 aromatic heterocycles. The van der Waals surface area contributed by atoms with E-state index >= 15 is 0 Å². The molecule has 0 aliphatic heterocycles. The lowest BCUT2D eigenvalue weighted by atomic mass is 9.88. The predicted molar refractivity (Wildman–Crippen MR) is 141 cm³/mol. The van der Waals surface area contributed by atoms with Crippen molar-refractivity contribution in [2.24, 2.45) is 11.8 Å². The SMILES string of the molecule is C=C(C)C/C=C\C[C@H](CCCCCCCC1=CC=CC(OCO)C1)CC[C@H](C)CCCC. The Bertz CT molecular complexity index is 557. The largest absolute Gasteiger partial charge is 0.371 e. The smallest absolute Gasteiger partial charge is 0.144 e. The molecular formula is C30H52O2. The van der Waals surface area contributed by atoms with Gasteiger partial charge in [0, 0.05) is 0 Å². The van der Waals surface area contributed by atoms with E-state index in [1.54, 1.807) is 0 Å². The summed E-state index contributed by atoms with van der Waals surface area (Å²) in [5.41, 5.74) is 2.71. The number of rotatable bonds is 20. The van der Waals surface area contributed by atoms with Crippen molar-refractivity contribution in [3.8, 4) is 0 Å². The molecule has 0 saturated heterocycles. The first kappa shape index (κ1) is 28.9. The summed E-state index contributed by atoms with van der Waals surface area (Å²) < 4.78 is 5.31. The normalized spacial score (nSPS) is 18.1. The number of aliphatic hydroxyl groups is 1. The minimum absolute atomic E-state index is 0.0612. The number of allylic oxidation sites excluding steroid dienone is 5. The molecule has 0 heterocycles. The van der Waals surface area contributed by atoms with Gasteiger partial charge in [0.1, 0.15) is 6.79 Å². The summed E-state index contributed by atoms with van der Waals surface area (Å²) in [6.45, 7) is 10.7. The van der Waals surface area contributed by atoms with E-state index in [0.29, 0.717) is 0 Å². The molecule has 1 aliphatic rings. The average molecular weight is 445 g/mol. The van der Waals surface area contributed by atoms with Crippen LogP contribution in [0.4, 0.5) is 0 Å². The van der Waals surface area contributed by atoms with Crippen molar-refractivity contribution < 1.29 is 9.84 Å². The zero-order valence-electron chi connectivity index (χ0n) is 21.5. The molecule has 0 fully saturated rings. The van der Waals surface area contributed by atoms with Crippen LogP contribution in [0.3, 0.4) is 0 Å². The Morgan fingerprint density at radius 2 is 1.88 bits per heavy atom. The van der Waals surface area contributed by atoms with Gasteiger partial charge in [-0.25, -0.2) is 0 Å². The molecular weight excluding hydrogens is 392 g/mol. The highest BCUT2D eigenvalue weighted by Gasteiger charge is 2.12. The first-order valence-electron chi connectivity index (χ1n) is 13.4. The van der Waals surface area contributed by atoms with Gasteiger partial charge in [-0.2, -0.15) is 0 Å². The van der Waals surface area contributed by atoms with Gasteiger partial charge >= 0.3 is 0 Å². The van der Waals surface area contributed by atoms with Gasteiger partial charge < -0.3 is 9.84 Å². The highest BCUT2D eigenvalue weighted by atomic mass is 16.6. The second-order valence-electron chi connectivity index (χ2n) is 10.1.